The molecule has 0 bridgehead atoms. The Morgan fingerprint density at radius 1 is 1.26 bits per heavy atom. The Hall–Kier alpha value is -4.43. The van der Waals surface area contributed by atoms with Gasteiger partial charge in [0.15, 0.2) is 16.9 Å². The van der Waals surface area contributed by atoms with Crippen LogP contribution in [0.2, 0.25) is 0 Å². The summed E-state index contributed by atoms with van der Waals surface area (Å²) in [5.74, 6) is -0.858. The third-order valence-corrected chi connectivity index (χ3v) is 5.30. The molecule has 2 amide bonds. The summed E-state index contributed by atoms with van der Waals surface area (Å²) in [5, 5.41) is 9.35. The maximum Gasteiger partial charge on any atom is 0.271 e. The van der Waals surface area contributed by atoms with Crippen molar-refractivity contribution in [2.24, 2.45) is 7.05 Å². The van der Waals surface area contributed by atoms with E-state index < -0.39 is 11.8 Å². The van der Waals surface area contributed by atoms with Crippen molar-refractivity contribution in [2.75, 3.05) is 6.54 Å². The number of aromatic nitrogens is 2. The van der Waals surface area contributed by atoms with E-state index in [1.165, 1.54) is 6.08 Å². The lowest BCUT2D eigenvalue weighted by Gasteiger charge is -2.25. The molecule has 31 heavy (non-hydrogen) atoms. The Labute approximate surface area is 178 Å². The van der Waals surface area contributed by atoms with Gasteiger partial charge in [-0.1, -0.05) is 24.3 Å². The highest BCUT2D eigenvalue weighted by Gasteiger charge is 2.34. The van der Waals surface area contributed by atoms with Crippen molar-refractivity contribution >= 4 is 34.8 Å². The fourth-order valence-corrected chi connectivity index (χ4v) is 3.60. The third-order valence-electron chi connectivity index (χ3n) is 5.30. The lowest BCUT2D eigenvalue weighted by atomic mass is 9.95. The minimum atomic E-state index is -0.587. The summed E-state index contributed by atoms with van der Waals surface area (Å²) >= 11 is 0. The molecule has 0 N–H and O–H groups in total. The number of benzene rings is 1. The summed E-state index contributed by atoms with van der Waals surface area (Å²) in [6.45, 7) is 10.5. The molecule has 1 aliphatic heterocycles. The molecule has 2 aromatic heterocycles. The number of hydrogen-bond donors (Lipinski definition) is 0. The number of rotatable bonds is 3. The van der Waals surface area contributed by atoms with Gasteiger partial charge in [0, 0.05) is 31.3 Å². The molecule has 0 saturated heterocycles. The second-order valence-corrected chi connectivity index (χ2v) is 7.01. The number of aryl methyl sites for hydroxylation is 1. The Bertz CT molecular complexity index is 1390. The predicted molar refractivity (Wildman–Crippen MR) is 113 cm³/mol. The van der Waals surface area contributed by atoms with Crippen molar-refractivity contribution in [2.45, 2.75) is 13.8 Å². The summed E-state index contributed by atoms with van der Waals surface area (Å²) in [4.78, 5) is 34.0. The van der Waals surface area contributed by atoms with Crippen LogP contribution in [0.15, 0.2) is 51.5 Å². The van der Waals surface area contributed by atoms with E-state index in [0.717, 1.165) is 16.2 Å². The van der Waals surface area contributed by atoms with Gasteiger partial charge in [0.2, 0.25) is 5.89 Å². The zero-order chi connectivity index (χ0) is 22.3. The van der Waals surface area contributed by atoms with Gasteiger partial charge in [-0.3, -0.25) is 14.5 Å². The number of nitriles is 1. The highest BCUT2D eigenvalue weighted by molar-refractivity contribution is 6.19. The van der Waals surface area contributed by atoms with Gasteiger partial charge in [0.1, 0.15) is 11.6 Å². The van der Waals surface area contributed by atoms with Crippen LogP contribution in [0.25, 0.3) is 33.4 Å². The number of carbonyl (C=O) groups excluding carboxylic acids is 2. The van der Waals surface area contributed by atoms with Crippen molar-refractivity contribution in [1.82, 2.24) is 14.5 Å². The first-order valence-electron chi connectivity index (χ1n) is 9.53. The Kier molecular flexibility index (Phi) is 4.76. The zero-order valence-corrected chi connectivity index (χ0v) is 17.1. The van der Waals surface area contributed by atoms with Crippen LogP contribution in [0.5, 0.6) is 0 Å². The highest BCUT2D eigenvalue weighted by atomic mass is 16.3. The van der Waals surface area contributed by atoms with Gasteiger partial charge in [-0.2, -0.15) is 10.2 Å². The number of amides is 2. The quantitative estimate of drug-likeness (QED) is 0.369. The van der Waals surface area contributed by atoms with Crippen LogP contribution in [0.1, 0.15) is 19.7 Å². The maximum atomic E-state index is 12.8. The van der Waals surface area contributed by atoms with E-state index in [1.54, 1.807) is 26.0 Å². The number of carbonyl (C=O) groups is 2. The van der Waals surface area contributed by atoms with Gasteiger partial charge >= 0.3 is 0 Å². The number of oxazole rings is 1. The molecule has 0 fully saturated rings. The van der Waals surface area contributed by atoms with Crippen LogP contribution >= 0.6 is 0 Å². The predicted octanol–water partition coefficient (Wildman–Crippen LogP) is 4.00. The largest absolute Gasteiger partial charge is 0.435 e. The topological polar surface area (TPSA) is 96.5 Å². The summed E-state index contributed by atoms with van der Waals surface area (Å²) in [5.41, 5.74) is 3.93. The number of hydrogen-bond acceptors (Lipinski definition) is 5. The van der Waals surface area contributed by atoms with Gasteiger partial charge in [0.05, 0.1) is 12.3 Å². The number of fused-ring (bicyclic) bond motifs is 1. The molecule has 0 unspecified atom stereocenters. The summed E-state index contributed by atoms with van der Waals surface area (Å²) in [7, 11) is 1.85. The fourth-order valence-electron chi connectivity index (χ4n) is 3.60. The molecule has 8 nitrogen and oxygen atoms in total. The first-order chi connectivity index (χ1) is 14.9. The molecule has 0 atom stereocenters. The Balaban J connectivity index is 1.77. The van der Waals surface area contributed by atoms with Crippen molar-refractivity contribution < 1.29 is 14.0 Å². The van der Waals surface area contributed by atoms with E-state index in [1.807, 2.05) is 35.9 Å². The standard InChI is InChI=1S/C23H17N5O3/c1-5-28-22(29)16(13(2)17(12-24)23(28)30)10-20-26-21-19(31-20)11-18(27(21)4)14-6-8-15(25-3)9-7-14/h6-11H,5H2,1-2,4H3/b16-10-. The van der Waals surface area contributed by atoms with Gasteiger partial charge in [0.25, 0.3) is 11.8 Å². The molecular weight excluding hydrogens is 394 g/mol. The second kappa shape index (κ2) is 7.43. The molecule has 0 radical (unpaired) electrons. The van der Waals surface area contributed by atoms with E-state index in [9.17, 15) is 14.9 Å². The van der Waals surface area contributed by atoms with Gasteiger partial charge in [-0.15, -0.1) is 0 Å². The Morgan fingerprint density at radius 2 is 1.97 bits per heavy atom. The molecule has 3 heterocycles. The van der Waals surface area contributed by atoms with E-state index in [2.05, 4.69) is 9.83 Å². The molecule has 152 valence electrons. The molecular formula is C23H17N5O3. The van der Waals surface area contributed by atoms with E-state index in [-0.39, 0.29) is 23.6 Å². The average molecular weight is 411 g/mol. The lowest BCUT2D eigenvalue weighted by molar-refractivity contribution is -0.140. The van der Waals surface area contributed by atoms with E-state index >= 15 is 0 Å². The van der Waals surface area contributed by atoms with Crippen molar-refractivity contribution in [3.05, 3.63) is 64.4 Å². The summed E-state index contributed by atoms with van der Waals surface area (Å²) in [6.07, 6.45) is 1.47. The van der Waals surface area contributed by atoms with E-state index in [4.69, 9.17) is 11.0 Å². The molecule has 0 saturated carbocycles. The molecule has 0 aliphatic carbocycles. The number of imide groups is 1. The summed E-state index contributed by atoms with van der Waals surface area (Å²) < 4.78 is 7.70. The van der Waals surface area contributed by atoms with Crippen LogP contribution < -0.4 is 0 Å². The van der Waals surface area contributed by atoms with Gasteiger partial charge in [-0.25, -0.2) is 4.85 Å². The first kappa shape index (κ1) is 19.9. The van der Waals surface area contributed by atoms with Crippen LogP contribution in [0.3, 0.4) is 0 Å². The molecule has 3 aromatic rings. The molecule has 8 heteroatoms. The molecule has 1 aliphatic rings. The monoisotopic (exact) mass is 411 g/mol. The molecule has 4 rings (SSSR count). The van der Waals surface area contributed by atoms with Crippen LogP contribution in [0.4, 0.5) is 5.69 Å². The minimum absolute atomic E-state index is 0.0611. The van der Waals surface area contributed by atoms with Crippen LogP contribution in [-0.2, 0) is 16.6 Å². The number of nitrogens with zero attached hydrogens (tertiary/aromatic N) is 5. The van der Waals surface area contributed by atoms with Gasteiger partial charge < -0.3 is 8.98 Å². The van der Waals surface area contributed by atoms with E-state index in [0.29, 0.717) is 22.5 Å². The average Bonchev–Trinajstić information content (AvgIpc) is 3.30. The Morgan fingerprint density at radius 3 is 2.55 bits per heavy atom. The highest BCUT2D eigenvalue weighted by Crippen LogP contribution is 2.31. The first-order valence-corrected chi connectivity index (χ1v) is 9.53. The maximum absolute atomic E-state index is 12.8. The zero-order valence-electron chi connectivity index (χ0n) is 17.1. The van der Waals surface area contributed by atoms with Crippen molar-refractivity contribution in [3.8, 4) is 17.3 Å². The fraction of sp³-hybridized carbons (Fsp3) is 0.174. The minimum Gasteiger partial charge on any atom is -0.435 e. The van der Waals surface area contributed by atoms with Crippen LogP contribution in [0, 0.1) is 17.9 Å². The lowest BCUT2D eigenvalue weighted by Crippen LogP contribution is -2.42. The van der Waals surface area contributed by atoms with Crippen molar-refractivity contribution in [1.29, 1.82) is 5.26 Å². The van der Waals surface area contributed by atoms with Crippen LogP contribution in [-0.4, -0.2) is 32.8 Å². The molecule has 0 spiro atoms. The summed E-state index contributed by atoms with van der Waals surface area (Å²) in [6, 6.07) is 10.9. The smallest absolute Gasteiger partial charge is 0.271 e. The number of likely N-dealkylation sites (N-methyl/N-ethyl adjacent to an activating group) is 1. The normalized spacial score (nSPS) is 15.6. The second-order valence-electron chi connectivity index (χ2n) is 7.01. The third kappa shape index (κ3) is 3.11. The van der Waals surface area contributed by atoms with Crippen molar-refractivity contribution in [3.63, 3.8) is 0 Å². The molecule has 1 aromatic carbocycles. The van der Waals surface area contributed by atoms with Gasteiger partial charge in [-0.05, 0) is 25.0 Å². The SMILES string of the molecule is [C-]#[N+]c1ccc(-c2cc3oc(/C=C4\C(=O)N(CC)C(=O)C(C#N)=C4C)nc3n2C)cc1.